The Balaban J connectivity index is 2.03. The zero-order valence-electron chi connectivity index (χ0n) is 9.71. The van der Waals surface area contributed by atoms with E-state index in [1.165, 1.54) is 0 Å². The molecule has 0 aliphatic rings. The van der Waals surface area contributed by atoms with Crippen LogP contribution in [0.15, 0.2) is 54.7 Å². The van der Waals surface area contributed by atoms with E-state index in [4.69, 9.17) is 4.74 Å². The fraction of sp³-hybridized carbons (Fsp3) is 0.214. The van der Waals surface area contributed by atoms with Crippen LogP contribution < -0.4 is 4.74 Å². The summed E-state index contributed by atoms with van der Waals surface area (Å²) in [6.45, 7) is 1.87. The lowest BCUT2D eigenvalue weighted by atomic mass is 10.0. The summed E-state index contributed by atoms with van der Waals surface area (Å²) in [4.78, 5) is 4.13. The molecule has 1 unspecified atom stereocenters. The Morgan fingerprint density at radius 2 is 1.82 bits per heavy atom. The van der Waals surface area contributed by atoms with Gasteiger partial charge in [0.05, 0.1) is 5.69 Å². The Labute approximate surface area is 101 Å². The number of pyridine rings is 1. The van der Waals surface area contributed by atoms with Crippen LogP contribution in [0.3, 0.4) is 0 Å². The van der Waals surface area contributed by atoms with Crippen molar-refractivity contribution in [2.24, 2.45) is 0 Å². The molecule has 1 N–H and O–H groups in total. The van der Waals surface area contributed by atoms with Gasteiger partial charge in [0.1, 0.15) is 18.0 Å². The fourth-order valence-corrected chi connectivity index (χ4v) is 1.50. The van der Waals surface area contributed by atoms with Crippen LogP contribution >= 0.6 is 0 Å². The number of aliphatic hydroxyl groups is 1. The van der Waals surface area contributed by atoms with Gasteiger partial charge in [0.25, 0.3) is 0 Å². The summed E-state index contributed by atoms with van der Waals surface area (Å²) in [6.07, 6.45) is 1.66. The van der Waals surface area contributed by atoms with E-state index in [0.717, 1.165) is 5.75 Å². The number of para-hydroxylation sites is 1. The molecule has 1 heterocycles. The van der Waals surface area contributed by atoms with Gasteiger partial charge < -0.3 is 9.84 Å². The second-order valence-electron chi connectivity index (χ2n) is 4.09. The Bertz CT molecular complexity index is 454. The molecule has 0 spiro atoms. The zero-order chi connectivity index (χ0) is 12.1. The molecule has 0 radical (unpaired) electrons. The van der Waals surface area contributed by atoms with Gasteiger partial charge in [-0.1, -0.05) is 24.3 Å². The number of rotatable bonds is 4. The van der Waals surface area contributed by atoms with Crippen molar-refractivity contribution in [2.45, 2.75) is 12.5 Å². The van der Waals surface area contributed by atoms with Crippen molar-refractivity contribution in [3.63, 3.8) is 0 Å². The lowest BCUT2D eigenvalue weighted by molar-refractivity contribution is 0.00390. The third-order valence-electron chi connectivity index (χ3n) is 2.48. The number of aromatic nitrogens is 1. The van der Waals surface area contributed by atoms with Crippen LogP contribution in [0, 0.1) is 0 Å². The summed E-state index contributed by atoms with van der Waals surface area (Å²) >= 11 is 0. The maximum atomic E-state index is 10.3. The van der Waals surface area contributed by atoms with Crippen LogP contribution in [0.25, 0.3) is 0 Å². The molecule has 2 aromatic rings. The molecule has 1 atom stereocenters. The molecule has 3 nitrogen and oxygen atoms in total. The Kier molecular flexibility index (Phi) is 3.40. The molecule has 0 bridgehead atoms. The molecule has 2 rings (SSSR count). The van der Waals surface area contributed by atoms with Gasteiger partial charge in [0, 0.05) is 6.20 Å². The van der Waals surface area contributed by atoms with E-state index < -0.39 is 5.60 Å². The summed E-state index contributed by atoms with van der Waals surface area (Å²) in [5.41, 5.74) is -0.479. The standard InChI is InChI=1S/C14H15NO2/c1-14(16,13-9-5-6-10-15-13)11-17-12-7-3-2-4-8-12/h2-10,16H,11H2,1H3. The van der Waals surface area contributed by atoms with Crippen LogP contribution in [-0.2, 0) is 5.60 Å². The monoisotopic (exact) mass is 229 g/mol. The van der Waals surface area contributed by atoms with E-state index in [1.54, 1.807) is 19.2 Å². The summed E-state index contributed by atoms with van der Waals surface area (Å²) < 4.78 is 5.54. The molecule has 17 heavy (non-hydrogen) atoms. The Hall–Kier alpha value is -1.87. The van der Waals surface area contributed by atoms with Crippen molar-refractivity contribution in [3.05, 3.63) is 60.4 Å². The highest BCUT2D eigenvalue weighted by atomic mass is 16.5. The number of nitrogens with zero attached hydrogens (tertiary/aromatic N) is 1. The van der Waals surface area contributed by atoms with Crippen LogP contribution in [-0.4, -0.2) is 16.7 Å². The van der Waals surface area contributed by atoms with Crippen molar-refractivity contribution in [1.29, 1.82) is 0 Å². The number of benzene rings is 1. The second-order valence-corrected chi connectivity index (χ2v) is 4.09. The molecule has 0 amide bonds. The summed E-state index contributed by atoms with van der Waals surface area (Å²) in [5, 5.41) is 10.3. The minimum Gasteiger partial charge on any atom is -0.490 e. The predicted molar refractivity (Wildman–Crippen MR) is 65.7 cm³/mol. The second kappa shape index (κ2) is 4.97. The van der Waals surface area contributed by atoms with Gasteiger partial charge in [-0.2, -0.15) is 0 Å². The van der Waals surface area contributed by atoms with Crippen molar-refractivity contribution in [1.82, 2.24) is 4.98 Å². The van der Waals surface area contributed by atoms with Crippen molar-refractivity contribution >= 4 is 0 Å². The molecule has 88 valence electrons. The fourth-order valence-electron chi connectivity index (χ4n) is 1.50. The molecule has 1 aromatic carbocycles. The van der Waals surface area contributed by atoms with E-state index in [0.29, 0.717) is 5.69 Å². The lowest BCUT2D eigenvalue weighted by Gasteiger charge is -2.22. The highest BCUT2D eigenvalue weighted by molar-refractivity contribution is 5.21. The lowest BCUT2D eigenvalue weighted by Crippen LogP contribution is -2.30. The Morgan fingerprint density at radius 1 is 1.12 bits per heavy atom. The quantitative estimate of drug-likeness (QED) is 0.875. The average molecular weight is 229 g/mol. The number of hydrogen-bond donors (Lipinski definition) is 1. The molecule has 0 saturated carbocycles. The van der Waals surface area contributed by atoms with Gasteiger partial charge >= 0.3 is 0 Å². The van der Waals surface area contributed by atoms with Gasteiger partial charge in [0.15, 0.2) is 0 Å². The number of hydrogen-bond acceptors (Lipinski definition) is 3. The zero-order valence-corrected chi connectivity index (χ0v) is 9.71. The molecular weight excluding hydrogens is 214 g/mol. The maximum Gasteiger partial charge on any atom is 0.137 e. The summed E-state index contributed by atoms with van der Waals surface area (Å²) in [5.74, 6) is 0.740. The molecule has 0 aliphatic heterocycles. The largest absolute Gasteiger partial charge is 0.490 e. The smallest absolute Gasteiger partial charge is 0.137 e. The molecule has 3 heteroatoms. The van der Waals surface area contributed by atoms with Gasteiger partial charge in [-0.05, 0) is 31.2 Å². The van der Waals surface area contributed by atoms with Gasteiger partial charge in [-0.25, -0.2) is 0 Å². The maximum absolute atomic E-state index is 10.3. The van der Waals surface area contributed by atoms with Gasteiger partial charge in [-0.15, -0.1) is 0 Å². The molecule has 0 fully saturated rings. The van der Waals surface area contributed by atoms with Crippen molar-refractivity contribution in [3.8, 4) is 5.75 Å². The van der Waals surface area contributed by atoms with E-state index >= 15 is 0 Å². The molecule has 0 saturated heterocycles. The van der Waals surface area contributed by atoms with Crippen molar-refractivity contribution < 1.29 is 9.84 Å². The van der Waals surface area contributed by atoms with E-state index in [-0.39, 0.29) is 6.61 Å². The summed E-state index contributed by atoms with van der Waals surface area (Å²) in [6, 6.07) is 14.9. The highest BCUT2D eigenvalue weighted by Gasteiger charge is 2.25. The minimum atomic E-state index is -1.09. The first-order valence-electron chi connectivity index (χ1n) is 5.50. The predicted octanol–water partition coefficient (Wildman–Crippen LogP) is 2.37. The highest BCUT2D eigenvalue weighted by Crippen LogP contribution is 2.20. The van der Waals surface area contributed by atoms with Gasteiger partial charge in [0.2, 0.25) is 0 Å². The van der Waals surface area contributed by atoms with Gasteiger partial charge in [-0.3, -0.25) is 4.98 Å². The molecule has 0 aliphatic carbocycles. The third kappa shape index (κ3) is 3.04. The molecular formula is C14H15NO2. The SMILES string of the molecule is CC(O)(COc1ccccc1)c1ccccn1. The normalized spacial score (nSPS) is 14.0. The first kappa shape index (κ1) is 11.6. The van der Waals surface area contributed by atoms with E-state index in [9.17, 15) is 5.11 Å². The van der Waals surface area contributed by atoms with E-state index in [1.807, 2.05) is 42.5 Å². The van der Waals surface area contributed by atoms with Crippen molar-refractivity contribution in [2.75, 3.05) is 6.61 Å². The van der Waals surface area contributed by atoms with Crippen LogP contribution in [0.5, 0.6) is 5.75 Å². The topological polar surface area (TPSA) is 42.4 Å². The number of ether oxygens (including phenoxy) is 1. The van der Waals surface area contributed by atoms with E-state index in [2.05, 4.69) is 4.98 Å². The first-order valence-corrected chi connectivity index (χ1v) is 5.50. The molecule has 1 aromatic heterocycles. The van der Waals surface area contributed by atoms with Crippen LogP contribution in [0.1, 0.15) is 12.6 Å². The Morgan fingerprint density at radius 3 is 2.47 bits per heavy atom. The summed E-state index contributed by atoms with van der Waals surface area (Å²) in [7, 11) is 0. The van der Waals surface area contributed by atoms with Crippen LogP contribution in [0.4, 0.5) is 0 Å². The van der Waals surface area contributed by atoms with Crippen LogP contribution in [0.2, 0.25) is 0 Å². The third-order valence-corrected chi connectivity index (χ3v) is 2.48. The average Bonchev–Trinajstić information content (AvgIpc) is 2.39. The minimum absolute atomic E-state index is 0.175. The first-order chi connectivity index (χ1) is 8.18.